The molecule has 0 radical (unpaired) electrons. The molecule has 0 N–H and O–H groups in total. The van der Waals surface area contributed by atoms with Crippen molar-refractivity contribution in [2.75, 3.05) is 6.54 Å². The number of nitrogens with zero attached hydrogens (tertiary/aromatic N) is 1. The topological polar surface area (TPSA) is 46.5 Å². The molecule has 0 bridgehead atoms. The van der Waals surface area contributed by atoms with Crippen LogP contribution in [0, 0.1) is 28.6 Å². The van der Waals surface area contributed by atoms with Gasteiger partial charge in [-0.25, -0.2) is 0 Å². The quantitative estimate of drug-likeness (QED) is 0.744. The van der Waals surface area contributed by atoms with E-state index in [-0.39, 0.29) is 10.8 Å². The third-order valence-corrected chi connectivity index (χ3v) is 8.03. The molecule has 5 aliphatic rings. The summed E-state index contributed by atoms with van der Waals surface area (Å²) in [6.45, 7) is 3.15. The average molecular weight is 311 g/mol. The minimum atomic E-state index is -0.0561. The second-order valence-corrected chi connectivity index (χ2v) is 8.70. The first-order chi connectivity index (χ1) is 11.1. The molecule has 3 fully saturated rings. The number of allylic oxidation sites excluding steroid dienone is 1. The Morgan fingerprint density at radius 3 is 2.65 bits per heavy atom. The first-order valence-electron chi connectivity index (χ1n) is 9.37. The van der Waals surface area contributed by atoms with Crippen LogP contribution in [-0.2, 0) is 9.59 Å². The van der Waals surface area contributed by atoms with Crippen molar-refractivity contribution < 1.29 is 9.59 Å². The van der Waals surface area contributed by atoms with Gasteiger partial charge in [0, 0.05) is 29.4 Å². The largest absolute Gasteiger partial charge is 0.299 e. The molecule has 5 atom stereocenters. The van der Waals surface area contributed by atoms with Crippen LogP contribution in [0.2, 0.25) is 0 Å². The van der Waals surface area contributed by atoms with E-state index in [1.807, 2.05) is 6.08 Å². The lowest BCUT2D eigenvalue weighted by molar-refractivity contribution is -0.131. The number of hydrogen-bond donors (Lipinski definition) is 0. The molecule has 4 aliphatic carbocycles. The predicted molar refractivity (Wildman–Crippen MR) is 88.3 cm³/mol. The lowest BCUT2D eigenvalue weighted by atomic mass is 9.46. The van der Waals surface area contributed by atoms with Gasteiger partial charge in [0.25, 0.3) is 0 Å². The number of Topliss-reactive ketones (excluding diaryl/α,β-unsaturated/α-hetero) is 1. The van der Waals surface area contributed by atoms with Gasteiger partial charge in [-0.05, 0) is 62.4 Å². The summed E-state index contributed by atoms with van der Waals surface area (Å²) in [5.74, 6) is 2.68. The highest BCUT2D eigenvalue weighted by Crippen LogP contribution is 2.65. The molecule has 0 amide bonds. The van der Waals surface area contributed by atoms with Gasteiger partial charge in [0.05, 0.1) is 6.54 Å². The minimum Gasteiger partial charge on any atom is -0.299 e. The highest BCUT2D eigenvalue weighted by Gasteiger charge is 2.62. The Bertz CT molecular complexity index is 675. The van der Waals surface area contributed by atoms with E-state index >= 15 is 0 Å². The Morgan fingerprint density at radius 2 is 1.87 bits per heavy atom. The molecule has 0 spiro atoms. The zero-order valence-corrected chi connectivity index (χ0v) is 13.9. The first kappa shape index (κ1) is 14.1. The summed E-state index contributed by atoms with van der Waals surface area (Å²) in [5, 5.41) is 0. The van der Waals surface area contributed by atoms with E-state index in [0.717, 1.165) is 45.1 Å². The van der Waals surface area contributed by atoms with Crippen LogP contribution in [0.1, 0.15) is 58.3 Å². The summed E-state index contributed by atoms with van der Waals surface area (Å²) in [7, 11) is 0. The Labute approximate surface area is 137 Å². The Balaban J connectivity index is 1.58. The standard InChI is InChI=1S/C20H25NO2/c1-19-8-7-16-14(15(19)4-5-18(19)23)3-2-12-10-13(22)6-9-20(12,16)17-11-21-17/h10,14-16H,2-9,11H2,1H3/t14-,15-,16-,19-,20+/m0/s1. The molecular weight excluding hydrogens is 286 g/mol. The molecular formula is C20H25NO2. The molecule has 23 heavy (non-hydrogen) atoms. The van der Waals surface area contributed by atoms with Crippen molar-refractivity contribution in [2.45, 2.75) is 58.3 Å². The second kappa shape index (κ2) is 4.43. The van der Waals surface area contributed by atoms with Crippen LogP contribution < -0.4 is 0 Å². The fraction of sp³-hybridized carbons (Fsp3) is 0.750. The maximum absolute atomic E-state index is 12.5. The zero-order chi connectivity index (χ0) is 15.8. The van der Waals surface area contributed by atoms with Crippen molar-refractivity contribution in [3.05, 3.63) is 11.6 Å². The summed E-state index contributed by atoms with van der Waals surface area (Å²) >= 11 is 0. The van der Waals surface area contributed by atoms with E-state index in [1.54, 1.807) is 0 Å². The predicted octanol–water partition coefficient (Wildman–Crippen LogP) is 3.52. The monoisotopic (exact) mass is 311 g/mol. The smallest absolute Gasteiger partial charge is 0.155 e. The molecule has 0 aromatic heterocycles. The Kier molecular flexibility index (Phi) is 2.72. The third kappa shape index (κ3) is 1.69. The lowest BCUT2D eigenvalue weighted by Gasteiger charge is -2.57. The maximum Gasteiger partial charge on any atom is 0.155 e. The number of carbonyl (C=O) groups is 2. The van der Waals surface area contributed by atoms with E-state index in [9.17, 15) is 9.59 Å². The van der Waals surface area contributed by atoms with E-state index in [1.165, 1.54) is 17.7 Å². The molecule has 0 unspecified atom stereocenters. The lowest BCUT2D eigenvalue weighted by Crippen LogP contribution is -2.53. The first-order valence-corrected chi connectivity index (χ1v) is 9.37. The summed E-state index contributed by atoms with van der Waals surface area (Å²) in [6.07, 6.45) is 9.94. The fourth-order valence-corrected chi connectivity index (χ4v) is 6.86. The Hall–Kier alpha value is -1.25. The van der Waals surface area contributed by atoms with Gasteiger partial charge in [0.2, 0.25) is 0 Å². The fourth-order valence-electron chi connectivity index (χ4n) is 6.86. The van der Waals surface area contributed by atoms with E-state index < -0.39 is 0 Å². The molecule has 0 aromatic rings. The summed E-state index contributed by atoms with van der Waals surface area (Å²) in [4.78, 5) is 29.1. The maximum atomic E-state index is 12.5. The van der Waals surface area contributed by atoms with Crippen LogP contribution in [0.5, 0.6) is 0 Å². The van der Waals surface area contributed by atoms with Gasteiger partial charge in [-0.2, -0.15) is 0 Å². The molecule has 5 rings (SSSR count). The van der Waals surface area contributed by atoms with Gasteiger partial charge in [-0.3, -0.25) is 14.6 Å². The van der Waals surface area contributed by atoms with Crippen LogP contribution in [0.25, 0.3) is 0 Å². The number of ketones is 2. The Morgan fingerprint density at radius 1 is 1.04 bits per heavy atom. The molecule has 0 aromatic carbocycles. The van der Waals surface area contributed by atoms with Gasteiger partial charge in [0.15, 0.2) is 5.78 Å². The van der Waals surface area contributed by atoms with Crippen molar-refractivity contribution in [1.29, 1.82) is 0 Å². The number of fused-ring (bicyclic) bond motifs is 5. The summed E-state index contributed by atoms with van der Waals surface area (Å²) in [6, 6.07) is 0. The van der Waals surface area contributed by atoms with Crippen molar-refractivity contribution in [1.82, 2.24) is 0 Å². The molecule has 0 saturated heterocycles. The highest BCUT2D eigenvalue weighted by atomic mass is 16.1. The minimum absolute atomic E-state index is 0.0561. The molecule has 3 heteroatoms. The SMILES string of the molecule is C[C@]12CC[C@H]3[C@@H](CCC4=CC(=O)CC[C@@]43C3=NC3)[C@@H]1CCC2=O. The van der Waals surface area contributed by atoms with Gasteiger partial charge in [0.1, 0.15) is 5.78 Å². The number of hydrogen-bond acceptors (Lipinski definition) is 3. The van der Waals surface area contributed by atoms with Gasteiger partial charge in [-0.15, -0.1) is 0 Å². The molecule has 3 saturated carbocycles. The van der Waals surface area contributed by atoms with E-state index in [0.29, 0.717) is 35.7 Å². The van der Waals surface area contributed by atoms with Crippen LogP contribution in [-0.4, -0.2) is 23.8 Å². The van der Waals surface area contributed by atoms with Crippen molar-refractivity contribution >= 4 is 17.3 Å². The molecule has 3 nitrogen and oxygen atoms in total. The molecule has 1 aliphatic heterocycles. The highest BCUT2D eigenvalue weighted by molar-refractivity contribution is 6.06. The van der Waals surface area contributed by atoms with Gasteiger partial charge >= 0.3 is 0 Å². The average Bonchev–Trinajstić information content (AvgIpc) is 3.34. The molecule has 122 valence electrons. The van der Waals surface area contributed by atoms with Crippen molar-refractivity contribution in [2.24, 2.45) is 33.6 Å². The van der Waals surface area contributed by atoms with E-state index in [2.05, 4.69) is 11.9 Å². The van der Waals surface area contributed by atoms with Crippen molar-refractivity contribution in [3.8, 4) is 0 Å². The van der Waals surface area contributed by atoms with Gasteiger partial charge < -0.3 is 0 Å². The zero-order valence-electron chi connectivity index (χ0n) is 13.9. The van der Waals surface area contributed by atoms with Gasteiger partial charge in [-0.1, -0.05) is 12.5 Å². The molecule has 1 heterocycles. The summed E-state index contributed by atoms with van der Waals surface area (Å²) < 4.78 is 0. The third-order valence-electron chi connectivity index (χ3n) is 8.03. The van der Waals surface area contributed by atoms with Crippen LogP contribution in [0.4, 0.5) is 0 Å². The number of carbonyl (C=O) groups excluding carboxylic acids is 2. The number of aliphatic imine (C=N–C) groups is 1. The van der Waals surface area contributed by atoms with Crippen LogP contribution in [0.3, 0.4) is 0 Å². The number of rotatable bonds is 1. The summed E-state index contributed by atoms with van der Waals surface area (Å²) in [5.41, 5.74) is 2.81. The normalized spacial score (nSPS) is 48.1. The second-order valence-electron chi connectivity index (χ2n) is 8.70. The van der Waals surface area contributed by atoms with Crippen LogP contribution in [0.15, 0.2) is 16.6 Å². The van der Waals surface area contributed by atoms with Crippen molar-refractivity contribution in [3.63, 3.8) is 0 Å². The van der Waals surface area contributed by atoms with Crippen LogP contribution >= 0.6 is 0 Å². The van der Waals surface area contributed by atoms with E-state index in [4.69, 9.17) is 0 Å².